The Morgan fingerprint density at radius 2 is 1.95 bits per heavy atom. The summed E-state index contributed by atoms with van der Waals surface area (Å²) in [5.74, 6) is 1.14. The summed E-state index contributed by atoms with van der Waals surface area (Å²) in [5.41, 5.74) is 2.36. The molecule has 0 radical (unpaired) electrons. The Morgan fingerprint density at radius 1 is 1.11 bits per heavy atom. The molecule has 0 unspecified atom stereocenters. The molecule has 1 aliphatic rings. The van der Waals surface area contributed by atoms with E-state index in [1.54, 1.807) is 0 Å². The molecule has 4 heteroatoms. The van der Waals surface area contributed by atoms with Gasteiger partial charge in [0.15, 0.2) is 0 Å². The van der Waals surface area contributed by atoms with Crippen molar-refractivity contribution >= 4 is 17.0 Å². The monoisotopic (exact) mass is 258 g/mol. The minimum absolute atomic E-state index is 0.974. The topological polar surface area (TPSA) is 24.3 Å². The fourth-order valence-corrected chi connectivity index (χ4v) is 2.86. The number of para-hydroxylation sites is 2. The number of hydrogen-bond donors (Lipinski definition) is 0. The molecule has 1 fully saturated rings. The zero-order valence-corrected chi connectivity index (χ0v) is 11.8. The summed E-state index contributed by atoms with van der Waals surface area (Å²) >= 11 is 0. The van der Waals surface area contributed by atoms with E-state index in [0.29, 0.717) is 0 Å². The van der Waals surface area contributed by atoms with E-state index in [2.05, 4.69) is 52.6 Å². The van der Waals surface area contributed by atoms with E-state index in [-0.39, 0.29) is 0 Å². The lowest BCUT2D eigenvalue weighted by atomic mass is 10.3. The molecule has 0 saturated carbocycles. The van der Waals surface area contributed by atoms with Crippen LogP contribution < -0.4 is 4.90 Å². The summed E-state index contributed by atoms with van der Waals surface area (Å²) in [7, 11) is 2.20. The summed E-state index contributed by atoms with van der Waals surface area (Å²) in [4.78, 5) is 9.68. The minimum atomic E-state index is 0.974. The van der Waals surface area contributed by atoms with Crippen LogP contribution in [0, 0.1) is 0 Å². The predicted octanol–water partition coefficient (Wildman–Crippen LogP) is 2.20. The number of likely N-dealkylation sites (N-methyl/N-ethyl adjacent to an activating group) is 1. The molecule has 1 aromatic heterocycles. The minimum Gasteiger partial charge on any atom is -0.341 e. The maximum atomic E-state index is 4.84. The van der Waals surface area contributed by atoms with E-state index < -0.39 is 0 Å². The average Bonchev–Trinajstić information content (AvgIpc) is 2.67. The van der Waals surface area contributed by atoms with Gasteiger partial charge in [-0.05, 0) is 39.1 Å². The highest BCUT2D eigenvalue weighted by Gasteiger charge is 2.18. The van der Waals surface area contributed by atoms with Crippen LogP contribution in [0.5, 0.6) is 0 Å². The standard InChI is InChI=1S/C15H22N4/c1-3-19-14-8-5-4-7-13(14)16-15(19)18-10-6-9-17(2)11-12-18/h4-5,7-8H,3,6,9-12H2,1-2H3. The first-order valence-electron chi connectivity index (χ1n) is 7.18. The van der Waals surface area contributed by atoms with Gasteiger partial charge in [0.1, 0.15) is 0 Å². The molecule has 0 bridgehead atoms. The van der Waals surface area contributed by atoms with Crippen LogP contribution in [0.3, 0.4) is 0 Å². The van der Waals surface area contributed by atoms with Gasteiger partial charge in [0.05, 0.1) is 11.0 Å². The van der Waals surface area contributed by atoms with Crippen LogP contribution in [0.2, 0.25) is 0 Å². The summed E-state index contributed by atoms with van der Waals surface area (Å²) < 4.78 is 2.33. The normalized spacial score (nSPS) is 17.9. The van der Waals surface area contributed by atoms with Gasteiger partial charge in [-0.1, -0.05) is 12.1 Å². The fraction of sp³-hybridized carbons (Fsp3) is 0.533. The van der Waals surface area contributed by atoms with E-state index in [1.807, 2.05) is 0 Å². The SMILES string of the molecule is CCn1c(N2CCCN(C)CC2)nc2ccccc21. The van der Waals surface area contributed by atoms with E-state index in [4.69, 9.17) is 4.98 Å². The van der Waals surface area contributed by atoms with Crippen LogP contribution in [0.15, 0.2) is 24.3 Å². The first-order chi connectivity index (χ1) is 9.29. The molecule has 1 saturated heterocycles. The van der Waals surface area contributed by atoms with Crippen molar-refractivity contribution in [2.75, 3.05) is 38.1 Å². The number of fused-ring (bicyclic) bond motifs is 1. The van der Waals surface area contributed by atoms with Crippen molar-refractivity contribution < 1.29 is 0 Å². The molecule has 1 aliphatic heterocycles. The summed E-state index contributed by atoms with van der Waals surface area (Å²) in [6.45, 7) is 7.65. The third-order valence-electron chi connectivity index (χ3n) is 3.95. The summed E-state index contributed by atoms with van der Waals surface area (Å²) in [5, 5.41) is 0. The van der Waals surface area contributed by atoms with Crippen molar-refractivity contribution in [3.63, 3.8) is 0 Å². The molecule has 0 aliphatic carbocycles. The first-order valence-corrected chi connectivity index (χ1v) is 7.18. The average molecular weight is 258 g/mol. The Bertz CT molecular complexity index is 560. The lowest BCUT2D eigenvalue weighted by Gasteiger charge is -2.22. The molecule has 1 aromatic carbocycles. The summed E-state index contributed by atoms with van der Waals surface area (Å²) in [6, 6.07) is 8.43. The van der Waals surface area contributed by atoms with Crippen molar-refractivity contribution in [1.82, 2.24) is 14.5 Å². The lowest BCUT2D eigenvalue weighted by molar-refractivity contribution is 0.360. The first kappa shape index (κ1) is 12.5. The van der Waals surface area contributed by atoms with Crippen molar-refractivity contribution in [3.8, 4) is 0 Å². The van der Waals surface area contributed by atoms with Crippen LogP contribution in [0.25, 0.3) is 11.0 Å². The lowest BCUT2D eigenvalue weighted by Crippen LogP contribution is -2.30. The zero-order valence-electron chi connectivity index (χ0n) is 11.8. The number of rotatable bonds is 2. The van der Waals surface area contributed by atoms with Gasteiger partial charge in [-0.25, -0.2) is 4.98 Å². The molecule has 19 heavy (non-hydrogen) atoms. The quantitative estimate of drug-likeness (QED) is 0.825. The van der Waals surface area contributed by atoms with Crippen molar-refractivity contribution in [1.29, 1.82) is 0 Å². The molecule has 0 spiro atoms. The van der Waals surface area contributed by atoms with Crippen molar-refractivity contribution in [2.45, 2.75) is 19.9 Å². The van der Waals surface area contributed by atoms with Gasteiger partial charge < -0.3 is 14.4 Å². The number of nitrogens with zero attached hydrogens (tertiary/aromatic N) is 4. The van der Waals surface area contributed by atoms with E-state index in [0.717, 1.165) is 37.6 Å². The third kappa shape index (κ3) is 2.32. The van der Waals surface area contributed by atoms with Gasteiger partial charge >= 0.3 is 0 Å². The maximum Gasteiger partial charge on any atom is 0.206 e. The Balaban J connectivity index is 1.99. The largest absolute Gasteiger partial charge is 0.341 e. The molecule has 102 valence electrons. The van der Waals surface area contributed by atoms with Crippen LogP contribution in [0.4, 0.5) is 5.95 Å². The van der Waals surface area contributed by atoms with Gasteiger partial charge in [-0.2, -0.15) is 0 Å². The number of aromatic nitrogens is 2. The van der Waals surface area contributed by atoms with Gasteiger partial charge in [-0.15, -0.1) is 0 Å². The van der Waals surface area contributed by atoms with Gasteiger partial charge in [0.2, 0.25) is 5.95 Å². The van der Waals surface area contributed by atoms with E-state index in [1.165, 1.54) is 18.5 Å². The zero-order chi connectivity index (χ0) is 13.2. The molecular weight excluding hydrogens is 236 g/mol. The highest BCUT2D eigenvalue weighted by molar-refractivity contribution is 5.78. The fourth-order valence-electron chi connectivity index (χ4n) is 2.86. The second kappa shape index (κ2) is 5.21. The van der Waals surface area contributed by atoms with Gasteiger partial charge in [-0.3, -0.25) is 0 Å². The van der Waals surface area contributed by atoms with E-state index >= 15 is 0 Å². The van der Waals surface area contributed by atoms with Crippen molar-refractivity contribution in [3.05, 3.63) is 24.3 Å². The molecule has 2 aromatic rings. The Labute approximate surface area is 114 Å². The Morgan fingerprint density at radius 3 is 2.79 bits per heavy atom. The molecule has 2 heterocycles. The van der Waals surface area contributed by atoms with Crippen LogP contribution in [0.1, 0.15) is 13.3 Å². The molecular formula is C15H22N4. The number of anilines is 1. The second-order valence-corrected chi connectivity index (χ2v) is 5.29. The highest BCUT2D eigenvalue weighted by Crippen LogP contribution is 2.23. The van der Waals surface area contributed by atoms with Gasteiger partial charge in [0.25, 0.3) is 0 Å². The van der Waals surface area contributed by atoms with Crippen LogP contribution >= 0.6 is 0 Å². The molecule has 0 N–H and O–H groups in total. The second-order valence-electron chi connectivity index (χ2n) is 5.29. The van der Waals surface area contributed by atoms with E-state index in [9.17, 15) is 0 Å². The Hall–Kier alpha value is -1.55. The number of benzene rings is 1. The molecule has 0 amide bonds. The summed E-state index contributed by atoms with van der Waals surface area (Å²) in [6.07, 6.45) is 1.21. The number of hydrogen-bond acceptors (Lipinski definition) is 3. The highest BCUT2D eigenvalue weighted by atomic mass is 15.3. The number of aryl methyl sites for hydroxylation is 1. The predicted molar refractivity (Wildman–Crippen MR) is 79.7 cm³/mol. The van der Waals surface area contributed by atoms with Crippen LogP contribution in [-0.2, 0) is 6.54 Å². The van der Waals surface area contributed by atoms with Crippen LogP contribution in [-0.4, -0.2) is 47.7 Å². The van der Waals surface area contributed by atoms with Crippen molar-refractivity contribution in [2.24, 2.45) is 0 Å². The van der Waals surface area contributed by atoms with Gasteiger partial charge in [0, 0.05) is 26.2 Å². The Kier molecular flexibility index (Phi) is 3.42. The number of imidazole rings is 1. The molecule has 4 nitrogen and oxygen atoms in total. The third-order valence-corrected chi connectivity index (χ3v) is 3.95. The molecule has 3 rings (SSSR count). The maximum absolute atomic E-state index is 4.84. The smallest absolute Gasteiger partial charge is 0.206 e. The molecule has 0 atom stereocenters.